The molecule has 2 heterocycles. The van der Waals surface area contributed by atoms with E-state index in [9.17, 15) is 4.79 Å². The van der Waals surface area contributed by atoms with Crippen molar-refractivity contribution >= 4 is 11.9 Å². The van der Waals surface area contributed by atoms with Gasteiger partial charge in [0.25, 0.3) is 0 Å². The number of carboxylic acid groups (broad SMARTS) is 1. The summed E-state index contributed by atoms with van der Waals surface area (Å²) in [4.78, 5) is 20.9. The van der Waals surface area contributed by atoms with Crippen LogP contribution < -0.4 is 4.90 Å². The fourth-order valence-corrected chi connectivity index (χ4v) is 1.41. The van der Waals surface area contributed by atoms with E-state index in [1.807, 2.05) is 0 Å². The van der Waals surface area contributed by atoms with Crippen LogP contribution in [-0.2, 0) is 11.2 Å². The van der Waals surface area contributed by atoms with Gasteiger partial charge < -0.3 is 10.0 Å². The molecule has 2 rings (SSSR count). The third-order valence-electron chi connectivity index (χ3n) is 2.46. The van der Waals surface area contributed by atoms with Crippen LogP contribution in [0.5, 0.6) is 0 Å². The summed E-state index contributed by atoms with van der Waals surface area (Å²) < 4.78 is 0. The fourth-order valence-electron chi connectivity index (χ4n) is 1.41. The van der Waals surface area contributed by atoms with E-state index in [2.05, 4.69) is 14.9 Å². The van der Waals surface area contributed by atoms with Gasteiger partial charge in [-0.25, -0.2) is 9.97 Å². The van der Waals surface area contributed by atoms with Crippen molar-refractivity contribution in [3.8, 4) is 0 Å². The highest BCUT2D eigenvalue weighted by Gasteiger charge is 2.16. The van der Waals surface area contributed by atoms with Crippen molar-refractivity contribution < 1.29 is 9.90 Å². The lowest BCUT2D eigenvalue weighted by Gasteiger charge is -2.30. The average Bonchev–Trinajstić information content (AvgIpc) is 2.14. The number of anilines is 1. The molecule has 1 saturated heterocycles. The molecule has 5 nitrogen and oxygen atoms in total. The molecule has 15 heavy (non-hydrogen) atoms. The summed E-state index contributed by atoms with van der Waals surface area (Å²) in [6.07, 6.45) is 5.25. The van der Waals surface area contributed by atoms with Crippen molar-refractivity contribution in [2.45, 2.75) is 19.3 Å². The molecule has 0 spiro atoms. The largest absolute Gasteiger partial charge is 0.481 e. The summed E-state index contributed by atoms with van der Waals surface area (Å²) in [6.45, 7) is 2.04. The van der Waals surface area contributed by atoms with Crippen LogP contribution in [0.4, 0.5) is 5.95 Å². The Hall–Kier alpha value is -1.65. The summed E-state index contributed by atoms with van der Waals surface area (Å²) in [5.74, 6) is -0.0397. The predicted octanol–water partition coefficient (Wildman–Crippen LogP) is 0.704. The van der Waals surface area contributed by atoms with Crippen LogP contribution in [0, 0.1) is 0 Å². The van der Waals surface area contributed by atoms with Gasteiger partial charge >= 0.3 is 5.97 Å². The van der Waals surface area contributed by atoms with Gasteiger partial charge in [-0.15, -0.1) is 0 Å². The van der Waals surface area contributed by atoms with E-state index in [1.165, 1.54) is 6.42 Å². The monoisotopic (exact) mass is 207 g/mol. The third kappa shape index (κ3) is 2.43. The van der Waals surface area contributed by atoms with Gasteiger partial charge in [-0.3, -0.25) is 4.79 Å². The van der Waals surface area contributed by atoms with Crippen LogP contribution in [0.3, 0.4) is 0 Å². The van der Waals surface area contributed by atoms with Crippen LogP contribution in [-0.4, -0.2) is 34.1 Å². The number of carboxylic acids is 1. The maximum absolute atomic E-state index is 10.4. The lowest BCUT2D eigenvalue weighted by atomic mass is 10.2. The van der Waals surface area contributed by atoms with E-state index in [1.54, 1.807) is 12.4 Å². The van der Waals surface area contributed by atoms with Gasteiger partial charge in [0.05, 0.1) is 0 Å². The molecular formula is C10H13N3O2. The van der Waals surface area contributed by atoms with Gasteiger partial charge in [0.15, 0.2) is 0 Å². The lowest BCUT2D eigenvalue weighted by molar-refractivity contribution is -0.136. The van der Waals surface area contributed by atoms with Gasteiger partial charge in [0, 0.05) is 31.9 Å². The third-order valence-corrected chi connectivity index (χ3v) is 2.46. The van der Waals surface area contributed by atoms with E-state index in [4.69, 9.17) is 5.11 Å². The predicted molar refractivity (Wildman–Crippen MR) is 54.8 cm³/mol. The first kappa shape index (κ1) is 9.89. The minimum atomic E-state index is -0.790. The SMILES string of the molecule is O=C(O)CCc1cnc(N2CCC2)nc1. The quantitative estimate of drug-likeness (QED) is 0.787. The Kier molecular flexibility index (Phi) is 2.80. The van der Waals surface area contributed by atoms with E-state index in [0.717, 1.165) is 24.6 Å². The topological polar surface area (TPSA) is 66.3 Å². The zero-order valence-corrected chi connectivity index (χ0v) is 8.39. The number of hydrogen-bond donors (Lipinski definition) is 1. The standard InChI is InChI=1S/C10H13N3O2/c14-9(15)3-2-8-6-11-10(12-7-8)13-4-1-5-13/h6-7H,1-5H2,(H,14,15). The number of aromatic nitrogens is 2. The highest BCUT2D eigenvalue weighted by Crippen LogP contribution is 2.14. The zero-order chi connectivity index (χ0) is 10.7. The van der Waals surface area contributed by atoms with Crippen LogP contribution in [0.15, 0.2) is 12.4 Å². The van der Waals surface area contributed by atoms with Gasteiger partial charge in [-0.1, -0.05) is 0 Å². The van der Waals surface area contributed by atoms with E-state index in [0.29, 0.717) is 6.42 Å². The molecule has 80 valence electrons. The molecule has 0 amide bonds. The molecular weight excluding hydrogens is 194 g/mol. The number of aryl methyl sites for hydroxylation is 1. The number of rotatable bonds is 4. The van der Waals surface area contributed by atoms with E-state index >= 15 is 0 Å². The number of aliphatic carboxylic acids is 1. The zero-order valence-electron chi connectivity index (χ0n) is 8.39. The number of hydrogen-bond acceptors (Lipinski definition) is 4. The molecule has 1 N–H and O–H groups in total. The van der Waals surface area contributed by atoms with Crippen molar-refractivity contribution in [2.75, 3.05) is 18.0 Å². The summed E-state index contributed by atoms with van der Waals surface area (Å²) in [7, 11) is 0. The first-order chi connectivity index (χ1) is 7.25. The molecule has 0 aliphatic carbocycles. The molecule has 1 aliphatic rings. The smallest absolute Gasteiger partial charge is 0.303 e. The first-order valence-electron chi connectivity index (χ1n) is 5.03. The molecule has 0 atom stereocenters. The minimum Gasteiger partial charge on any atom is -0.481 e. The molecule has 1 aliphatic heterocycles. The summed E-state index contributed by atoms with van der Waals surface area (Å²) >= 11 is 0. The molecule has 1 aromatic heterocycles. The minimum absolute atomic E-state index is 0.131. The second kappa shape index (κ2) is 4.25. The van der Waals surface area contributed by atoms with Crippen molar-refractivity contribution in [3.63, 3.8) is 0 Å². The van der Waals surface area contributed by atoms with Gasteiger partial charge in [0.1, 0.15) is 0 Å². The Bertz CT molecular complexity index is 346. The lowest BCUT2D eigenvalue weighted by Crippen LogP contribution is -2.38. The Morgan fingerprint density at radius 2 is 2.07 bits per heavy atom. The van der Waals surface area contributed by atoms with Crippen LogP contribution >= 0.6 is 0 Å². The van der Waals surface area contributed by atoms with Gasteiger partial charge in [-0.05, 0) is 18.4 Å². The van der Waals surface area contributed by atoms with Crippen LogP contribution in [0.25, 0.3) is 0 Å². The molecule has 0 unspecified atom stereocenters. The highest BCUT2D eigenvalue weighted by atomic mass is 16.4. The first-order valence-corrected chi connectivity index (χ1v) is 5.03. The van der Waals surface area contributed by atoms with Crippen molar-refractivity contribution in [2.24, 2.45) is 0 Å². The Morgan fingerprint density at radius 1 is 1.40 bits per heavy atom. The average molecular weight is 207 g/mol. The Labute approximate surface area is 87.8 Å². The van der Waals surface area contributed by atoms with Crippen molar-refractivity contribution in [1.29, 1.82) is 0 Å². The summed E-state index contributed by atoms with van der Waals surface area (Å²) in [5.41, 5.74) is 0.877. The normalized spacial score (nSPS) is 14.8. The number of carbonyl (C=O) groups is 1. The molecule has 1 aromatic rings. The summed E-state index contributed by atoms with van der Waals surface area (Å²) in [5, 5.41) is 8.52. The van der Waals surface area contributed by atoms with Gasteiger partial charge in [-0.2, -0.15) is 0 Å². The van der Waals surface area contributed by atoms with Crippen molar-refractivity contribution in [1.82, 2.24) is 9.97 Å². The van der Waals surface area contributed by atoms with Gasteiger partial charge in [0.2, 0.25) is 5.95 Å². The molecule has 0 bridgehead atoms. The fraction of sp³-hybridized carbons (Fsp3) is 0.500. The second-order valence-electron chi connectivity index (χ2n) is 3.63. The molecule has 1 fully saturated rings. The van der Waals surface area contributed by atoms with E-state index < -0.39 is 5.97 Å². The molecule has 0 radical (unpaired) electrons. The van der Waals surface area contributed by atoms with Crippen molar-refractivity contribution in [3.05, 3.63) is 18.0 Å². The maximum atomic E-state index is 10.4. The molecule has 0 saturated carbocycles. The maximum Gasteiger partial charge on any atom is 0.303 e. The van der Waals surface area contributed by atoms with Crippen LogP contribution in [0.1, 0.15) is 18.4 Å². The Morgan fingerprint density at radius 3 is 2.53 bits per heavy atom. The Balaban J connectivity index is 1.94. The van der Waals surface area contributed by atoms with Crippen LogP contribution in [0.2, 0.25) is 0 Å². The summed E-state index contributed by atoms with van der Waals surface area (Å²) in [6, 6.07) is 0. The highest BCUT2D eigenvalue weighted by molar-refractivity contribution is 5.67. The molecule has 0 aromatic carbocycles. The second-order valence-corrected chi connectivity index (χ2v) is 3.63. The molecule has 5 heteroatoms. The van der Waals surface area contributed by atoms with E-state index in [-0.39, 0.29) is 6.42 Å². The number of nitrogens with zero attached hydrogens (tertiary/aromatic N) is 3.